The monoisotopic (exact) mass is 400 g/mol. The molecule has 28 heavy (non-hydrogen) atoms. The van der Waals surface area contributed by atoms with E-state index in [-0.39, 0.29) is 24.4 Å². The number of aryl methyl sites for hydroxylation is 1. The van der Waals surface area contributed by atoms with Crippen LogP contribution in [0.1, 0.15) is 21.5 Å². The molecule has 2 aromatic carbocycles. The van der Waals surface area contributed by atoms with E-state index < -0.39 is 5.91 Å². The quantitative estimate of drug-likeness (QED) is 0.441. The summed E-state index contributed by atoms with van der Waals surface area (Å²) in [5.74, 6) is 0.663. The first kappa shape index (κ1) is 19.4. The van der Waals surface area contributed by atoms with E-state index in [9.17, 15) is 9.59 Å². The maximum absolute atomic E-state index is 12.0. The number of nitrogens with one attached hydrogen (secondary N) is 4. The molecule has 2 amide bonds. The number of hydrogen-bond acceptors (Lipinski definition) is 5. The third kappa shape index (κ3) is 5.34. The van der Waals surface area contributed by atoms with Crippen molar-refractivity contribution < 1.29 is 19.1 Å². The van der Waals surface area contributed by atoms with Crippen LogP contribution in [0.15, 0.2) is 42.5 Å². The van der Waals surface area contributed by atoms with Crippen LogP contribution in [0.25, 0.3) is 0 Å². The fourth-order valence-electron chi connectivity index (χ4n) is 2.50. The molecular formula is C19H20N4O4S. The second kappa shape index (κ2) is 9.05. The van der Waals surface area contributed by atoms with Crippen LogP contribution >= 0.6 is 12.2 Å². The lowest BCUT2D eigenvalue weighted by molar-refractivity contribution is -0.120. The summed E-state index contributed by atoms with van der Waals surface area (Å²) in [5, 5.41) is 5.76. The number of hydrazine groups is 1. The molecule has 1 heterocycles. The zero-order chi connectivity index (χ0) is 19.9. The van der Waals surface area contributed by atoms with Gasteiger partial charge in [0.15, 0.2) is 16.6 Å². The highest BCUT2D eigenvalue weighted by atomic mass is 32.1. The highest BCUT2D eigenvalue weighted by Gasteiger charge is 2.13. The molecule has 0 aromatic heterocycles. The van der Waals surface area contributed by atoms with Gasteiger partial charge in [-0.05, 0) is 49.0 Å². The van der Waals surface area contributed by atoms with E-state index in [2.05, 4.69) is 21.5 Å². The van der Waals surface area contributed by atoms with Gasteiger partial charge in [0, 0.05) is 12.1 Å². The summed E-state index contributed by atoms with van der Waals surface area (Å²) in [5.41, 5.74) is 7.44. The molecule has 0 unspecified atom stereocenters. The number of carbonyl (C=O) groups is 2. The van der Waals surface area contributed by atoms with Gasteiger partial charge in [0.05, 0.1) is 6.54 Å². The van der Waals surface area contributed by atoms with Crippen LogP contribution in [0, 0.1) is 6.92 Å². The standard InChI is InChI=1S/C19H20N4O4S/c1-12-3-2-4-14(7-12)18(25)20-10-17(24)22-23-19(28)21-9-13-5-6-15-16(8-13)27-11-26-15/h2-8H,9-11H2,1H3,(H,20,25)(H,22,24)(H2,21,23,28). The van der Waals surface area contributed by atoms with E-state index in [1.807, 2.05) is 31.2 Å². The van der Waals surface area contributed by atoms with Gasteiger partial charge in [-0.25, -0.2) is 0 Å². The lowest BCUT2D eigenvalue weighted by Crippen LogP contribution is -2.49. The maximum Gasteiger partial charge on any atom is 0.257 e. The summed E-state index contributed by atoms with van der Waals surface area (Å²) in [6.07, 6.45) is 0. The van der Waals surface area contributed by atoms with Gasteiger partial charge in [-0.15, -0.1) is 0 Å². The Kier molecular flexibility index (Phi) is 6.28. The van der Waals surface area contributed by atoms with Crippen molar-refractivity contribution in [2.75, 3.05) is 13.3 Å². The van der Waals surface area contributed by atoms with E-state index in [1.54, 1.807) is 18.2 Å². The van der Waals surface area contributed by atoms with Crippen molar-refractivity contribution in [2.45, 2.75) is 13.5 Å². The fraction of sp³-hybridized carbons (Fsp3) is 0.211. The van der Waals surface area contributed by atoms with Gasteiger partial charge in [-0.1, -0.05) is 23.8 Å². The molecule has 0 spiro atoms. The van der Waals surface area contributed by atoms with Gasteiger partial charge in [0.1, 0.15) is 0 Å². The van der Waals surface area contributed by atoms with Crippen molar-refractivity contribution in [1.82, 2.24) is 21.5 Å². The molecule has 8 nitrogen and oxygen atoms in total. The first-order valence-corrected chi connectivity index (χ1v) is 8.98. The maximum atomic E-state index is 12.0. The van der Waals surface area contributed by atoms with Crippen molar-refractivity contribution in [3.05, 3.63) is 59.2 Å². The lowest BCUT2D eigenvalue weighted by Gasteiger charge is -2.12. The van der Waals surface area contributed by atoms with Crippen LogP contribution in [0.2, 0.25) is 0 Å². The number of benzene rings is 2. The van der Waals surface area contributed by atoms with Gasteiger partial charge in [-0.3, -0.25) is 20.4 Å². The van der Waals surface area contributed by atoms with Crippen molar-refractivity contribution in [3.63, 3.8) is 0 Å². The average Bonchev–Trinajstić information content (AvgIpc) is 3.16. The number of fused-ring (bicyclic) bond motifs is 1. The number of hydrogen-bond donors (Lipinski definition) is 4. The summed E-state index contributed by atoms with van der Waals surface area (Å²) in [6.45, 7) is 2.39. The number of carbonyl (C=O) groups excluding carboxylic acids is 2. The molecule has 0 saturated heterocycles. The minimum atomic E-state index is -0.423. The Balaban J connectivity index is 1.36. The highest BCUT2D eigenvalue weighted by molar-refractivity contribution is 7.80. The summed E-state index contributed by atoms with van der Waals surface area (Å²) in [4.78, 5) is 23.9. The second-order valence-electron chi connectivity index (χ2n) is 6.10. The molecule has 4 N–H and O–H groups in total. The molecule has 1 aliphatic heterocycles. The molecule has 0 atom stereocenters. The lowest BCUT2D eigenvalue weighted by atomic mass is 10.1. The second-order valence-corrected chi connectivity index (χ2v) is 6.50. The van der Waals surface area contributed by atoms with Crippen molar-refractivity contribution >= 4 is 29.1 Å². The van der Waals surface area contributed by atoms with E-state index in [1.165, 1.54) is 0 Å². The minimum Gasteiger partial charge on any atom is -0.454 e. The van der Waals surface area contributed by atoms with Crippen molar-refractivity contribution in [2.24, 2.45) is 0 Å². The molecular weight excluding hydrogens is 380 g/mol. The first-order valence-electron chi connectivity index (χ1n) is 8.57. The third-order valence-electron chi connectivity index (χ3n) is 3.90. The normalized spacial score (nSPS) is 11.5. The van der Waals surface area contributed by atoms with Crippen LogP contribution in [0.3, 0.4) is 0 Å². The predicted molar refractivity (Wildman–Crippen MR) is 107 cm³/mol. The number of rotatable bonds is 5. The summed E-state index contributed by atoms with van der Waals surface area (Å²) < 4.78 is 10.6. The Bertz CT molecular complexity index is 903. The first-order chi connectivity index (χ1) is 13.5. The number of thiocarbonyl (C=S) groups is 1. The van der Waals surface area contributed by atoms with E-state index >= 15 is 0 Å². The Morgan fingerprint density at radius 1 is 1.04 bits per heavy atom. The van der Waals surface area contributed by atoms with E-state index in [0.29, 0.717) is 23.6 Å². The zero-order valence-electron chi connectivity index (χ0n) is 15.2. The summed E-state index contributed by atoms with van der Waals surface area (Å²) in [6, 6.07) is 12.7. The van der Waals surface area contributed by atoms with Gasteiger partial charge in [0.25, 0.3) is 11.8 Å². The Morgan fingerprint density at radius 2 is 1.86 bits per heavy atom. The Hall–Kier alpha value is -3.33. The highest BCUT2D eigenvalue weighted by Crippen LogP contribution is 2.32. The molecule has 0 saturated carbocycles. The molecule has 0 aliphatic carbocycles. The molecule has 1 aliphatic rings. The fourth-order valence-corrected chi connectivity index (χ4v) is 2.62. The smallest absolute Gasteiger partial charge is 0.257 e. The topological polar surface area (TPSA) is 101 Å². The van der Waals surface area contributed by atoms with Crippen LogP contribution in [0.4, 0.5) is 0 Å². The SMILES string of the molecule is Cc1cccc(C(=O)NCC(=O)NNC(=S)NCc2ccc3c(c2)OCO3)c1. The summed E-state index contributed by atoms with van der Waals surface area (Å²) >= 11 is 5.12. The Labute approximate surface area is 167 Å². The summed E-state index contributed by atoms with van der Waals surface area (Å²) in [7, 11) is 0. The number of ether oxygens (including phenoxy) is 2. The van der Waals surface area contributed by atoms with Crippen molar-refractivity contribution in [1.29, 1.82) is 0 Å². The molecule has 0 fully saturated rings. The largest absolute Gasteiger partial charge is 0.454 e. The van der Waals surface area contributed by atoms with E-state index in [4.69, 9.17) is 21.7 Å². The third-order valence-corrected chi connectivity index (χ3v) is 4.14. The van der Waals surface area contributed by atoms with Crippen molar-refractivity contribution in [3.8, 4) is 11.5 Å². The predicted octanol–water partition coefficient (Wildman–Crippen LogP) is 1.15. The van der Waals surface area contributed by atoms with Gasteiger partial charge >= 0.3 is 0 Å². The van der Waals surface area contributed by atoms with Crippen LogP contribution in [0.5, 0.6) is 11.5 Å². The molecule has 9 heteroatoms. The molecule has 2 aromatic rings. The molecule has 0 radical (unpaired) electrons. The molecule has 3 rings (SSSR count). The van der Waals surface area contributed by atoms with Gasteiger partial charge < -0.3 is 20.1 Å². The average molecular weight is 400 g/mol. The zero-order valence-corrected chi connectivity index (χ0v) is 16.0. The Morgan fingerprint density at radius 3 is 2.68 bits per heavy atom. The van der Waals surface area contributed by atoms with Gasteiger partial charge in [0.2, 0.25) is 6.79 Å². The molecule has 0 bridgehead atoms. The van der Waals surface area contributed by atoms with Gasteiger partial charge in [-0.2, -0.15) is 0 Å². The van der Waals surface area contributed by atoms with E-state index in [0.717, 1.165) is 11.1 Å². The molecule has 146 valence electrons. The number of amides is 2. The van der Waals surface area contributed by atoms with Crippen LogP contribution in [-0.4, -0.2) is 30.3 Å². The minimum absolute atomic E-state index is 0.176. The van der Waals surface area contributed by atoms with Crippen LogP contribution < -0.4 is 31.0 Å². The van der Waals surface area contributed by atoms with Crippen LogP contribution in [-0.2, 0) is 11.3 Å².